The molecule has 1 saturated carbocycles. The molecule has 1 fully saturated rings. The Morgan fingerprint density at radius 3 is 2.03 bits per heavy atom. The lowest BCUT2D eigenvalue weighted by molar-refractivity contribution is -0.137. The second-order valence-electron chi connectivity index (χ2n) is 9.35. The van der Waals surface area contributed by atoms with Gasteiger partial charge >= 0.3 is 6.18 Å². The minimum absolute atomic E-state index is 0.584. The van der Waals surface area contributed by atoms with Gasteiger partial charge < -0.3 is 4.98 Å². The minimum atomic E-state index is -4.22. The van der Waals surface area contributed by atoms with E-state index in [2.05, 4.69) is 25.8 Å². The van der Waals surface area contributed by atoms with E-state index >= 15 is 0 Å². The summed E-state index contributed by atoms with van der Waals surface area (Å²) >= 11 is 0. The predicted molar refractivity (Wildman–Crippen MR) is 130 cm³/mol. The number of aryl methyl sites for hydroxylation is 1. The van der Waals surface area contributed by atoms with Gasteiger partial charge in [-0.3, -0.25) is 4.79 Å². The van der Waals surface area contributed by atoms with Gasteiger partial charge in [0.1, 0.15) is 6.29 Å². The Morgan fingerprint density at radius 2 is 1.52 bits per heavy atom. The van der Waals surface area contributed by atoms with Crippen LogP contribution in [-0.2, 0) is 12.6 Å². The maximum atomic E-state index is 12.0. The summed E-state index contributed by atoms with van der Waals surface area (Å²) in [6.45, 7) is 9.10. The summed E-state index contributed by atoms with van der Waals surface area (Å²) in [4.78, 5) is 13.4. The molecule has 0 amide bonds. The zero-order valence-electron chi connectivity index (χ0n) is 20.1. The molecule has 1 aliphatic rings. The number of benzene rings is 2. The van der Waals surface area contributed by atoms with Crippen LogP contribution in [0.15, 0.2) is 54.7 Å². The molecule has 0 spiro atoms. The van der Waals surface area contributed by atoms with Crippen LogP contribution in [0.2, 0.25) is 0 Å². The fourth-order valence-corrected chi connectivity index (χ4v) is 4.34. The van der Waals surface area contributed by atoms with Crippen molar-refractivity contribution in [2.24, 2.45) is 17.8 Å². The van der Waals surface area contributed by atoms with E-state index in [1.165, 1.54) is 37.8 Å². The number of rotatable bonds is 2. The third-order valence-electron chi connectivity index (χ3n) is 6.17. The molecular weight excluding hydrogens is 423 g/mol. The van der Waals surface area contributed by atoms with Crippen molar-refractivity contribution >= 4 is 17.2 Å². The number of hydrogen-bond acceptors (Lipinski definition) is 1. The van der Waals surface area contributed by atoms with Crippen LogP contribution < -0.4 is 0 Å². The average Bonchev–Trinajstić information content (AvgIpc) is 3.19. The van der Waals surface area contributed by atoms with E-state index in [9.17, 15) is 18.0 Å². The number of carbonyl (C=O) groups is 1. The van der Waals surface area contributed by atoms with Crippen molar-refractivity contribution in [2.75, 3.05) is 0 Å². The minimum Gasteiger partial charge on any atom is -0.361 e. The highest BCUT2D eigenvalue weighted by Crippen LogP contribution is 2.30. The quantitative estimate of drug-likeness (QED) is 0.302. The molecule has 2 aromatic carbocycles. The highest BCUT2D eigenvalue weighted by Gasteiger charge is 2.29. The molecule has 3 aromatic rings. The summed E-state index contributed by atoms with van der Waals surface area (Å²) in [6.07, 6.45) is 5.11. The van der Waals surface area contributed by atoms with E-state index in [1.807, 2.05) is 37.4 Å². The molecule has 4 rings (SSSR count). The SMILES string of the molecule is CC1C[C@H](C)CC[C@H](C)C1.CCc1ccc(C(F)(F)F)cc1.O=Cc1ccc2cc[nH]c2c1. The Kier molecular flexibility index (Phi) is 10.2. The molecule has 2 nitrogen and oxygen atoms in total. The smallest absolute Gasteiger partial charge is 0.361 e. The summed E-state index contributed by atoms with van der Waals surface area (Å²) < 4.78 is 36.1. The first-order valence-corrected chi connectivity index (χ1v) is 11.8. The summed E-state index contributed by atoms with van der Waals surface area (Å²) in [5, 5.41) is 1.13. The normalized spacial score (nSPS) is 20.6. The van der Waals surface area contributed by atoms with E-state index in [0.717, 1.165) is 59.1 Å². The maximum Gasteiger partial charge on any atom is 0.416 e. The molecule has 1 aliphatic carbocycles. The zero-order chi connectivity index (χ0) is 24.4. The van der Waals surface area contributed by atoms with E-state index < -0.39 is 11.7 Å². The van der Waals surface area contributed by atoms with Crippen molar-refractivity contribution in [1.82, 2.24) is 4.98 Å². The maximum absolute atomic E-state index is 12.0. The summed E-state index contributed by atoms with van der Waals surface area (Å²) in [5.74, 6) is 2.95. The highest BCUT2D eigenvalue weighted by atomic mass is 19.4. The van der Waals surface area contributed by atoms with E-state index in [1.54, 1.807) is 0 Å². The van der Waals surface area contributed by atoms with Crippen LogP contribution in [0.5, 0.6) is 0 Å². The molecule has 180 valence electrons. The molecular formula is C28H36F3NO. The molecule has 3 atom stereocenters. The van der Waals surface area contributed by atoms with E-state index in [4.69, 9.17) is 0 Å². The van der Waals surface area contributed by atoms with Gasteiger partial charge in [0.25, 0.3) is 0 Å². The lowest BCUT2D eigenvalue weighted by atomic mass is 9.95. The van der Waals surface area contributed by atoms with Crippen molar-refractivity contribution in [3.8, 4) is 0 Å². The number of H-pyrrole nitrogens is 1. The number of carbonyl (C=O) groups excluding carboxylic acids is 1. The van der Waals surface area contributed by atoms with Gasteiger partial charge in [0.15, 0.2) is 0 Å². The predicted octanol–water partition coefficient (Wildman–Crippen LogP) is 8.72. The van der Waals surface area contributed by atoms with Gasteiger partial charge in [0.2, 0.25) is 0 Å². The first-order valence-electron chi connectivity index (χ1n) is 11.8. The molecule has 0 radical (unpaired) electrons. The van der Waals surface area contributed by atoms with Crippen molar-refractivity contribution < 1.29 is 18.0 Å². The highest BCUT2D eigenvalue weighted by molar-refractivity contribution is 5.86. The number of alkyl halides is 3. The number of fused-ring (bicyclic) bond motifs is 1. The number of aldehydes is 1. The van der Waals surface area contributed by atoms with E-state index in [-0.39, 0.29) is 0 Å². The van der Waals surface area contributed by atoms with Gasteiger partial charge in [0, 0.05) is 17.3 Å². The fraction of sp³-hybridized carbons (Fsp3) is 0.464. The van der Waals surface area contributed by atoms with Crippen LogP contribution in [0.3, 0.4) is 0 Å². The van der Waals surface area contributed by atoms with Crippen molar-refractivity contribution in [3.05, 3.63) is 71.4 Å². The molecule has 0 aliphatic heterocycles. The van der Waals surface area contributed by atoms with Crippen LogP contribution >= 0.6 is 0 Å². The fourth-order valence-electron chi connectivity index (χ4n) is 4.34. The first-order chi connectivity index (χ1) is 15.6. The van der Waals surface area contributed by atoms with Gasteiger partial charge in [-0.15, -0.1) is 0 Å². The zero-order valence-corrected chi connectivity index (χ0v) is 20.1. The average molecular weight is 460 g/mol. The lowest BCUT2D eigenvalue weighted by Gasteiger charge is -2.11. The number of aromatic amines is 1. The lowest BCUT2D eigenvalue weighted by Crippen LogP contribution is -2.04. The number of nitrogens with one attached hydrogen (secondary N) is 1. The molecule has 1 unspecified atom stereocenters. The third kappa shape index (κ3) is 9.07. The van der Waals surface area contributed by atoms with E-state index in [0.29, 0.717) is 5.56 Å². The number of halogens is 3. The van der Waals surface area contributed by atoms with Crippen LogP contribution in [-0.4, -0.2) is 11.3 Å². The molecule has 1 N–H and O–H groups in total. The summed E-state index contributed by atoms with van der Waals surface area (Å²) in [7, 11) is 0. The molecule has 0 bridgehead atoms. The second-order valence-corrected chi connectivity index (χ2v) is 9.35. The number of hydrogen-bond donors (Lipinski definition) is 1. The van der Waals surface area contributed by atoms with Crippen LogP contribution in [0.4, 0.5) is 13.2 Å². The second kappa shape index (κ2) is 12.6. The Balaban J connectivity index is 0.000000176. The monoisotopic (exact) mass is 459 g/mol. The molecule has 0 saturated heterocycles. The van der Waals surface area contributed by atoms with Crippen LogP contribution in [0, 0.1) is 17.8 Å². The van der Waals surface area contributed by atoms with Gasteiger partial charge in [-0.25, -0.2) is 0 Å². The van der Waals surface area contributed by atoms with Gasteiger partial charge in [0.05, 0.1) is 5.56 Å². The van der Waals surface area contributed by atoms with Crippen molar-refractivity contribution in [2.45, 2.75) is 66.0 Å². The summed E-state index contributed by atoms with van der Waals surface area (Å²) in [6, 6.07) is 12.8. The standard InChI is InChI=1S/C10H20.C9H9F3.C9H7NO/c1-8-4-5-9(2)7-10(3)6-8;1-2-7-3-5-8(6-4-7)9(10,11)12;11-6-7-1-2-8-3-4-10-9(8)5-7/h8-10H,4-7H2,1-3H3;3-6H,2H2,1H3;1-6,10H/t8-,9+,10?;;. The molecule has 1 aromatic heterocycles. The topological polar surface area (TPSA) is 32.9 Å². The van der Waals surface area contributed by atoms with Gasteiger partial charge in [-0.2, -0.15) is 13.2 Å². The number of aromatic nitrogens is 1. The molecule has 1 heterocycles. The van der Waals surface area contributed by atoms with Crippen molar-refractivity contribution in [3.63, 3.8) is 0 Å². The summed E-state index contributed by atoms with van der Waals surface area (Å²) in [5.41, 5.74) is 2.05. The molecule has 33 heavy (non-hydrogen) atoms. The van der Waals surface area contributed by atoms with Crippen molar-refractivity contribution in [1.29, 1.82) is 0 Å². The van der Waals surface area contributed by atoms with Gasteiger partial charge in [-0.05, 0) is 72.2 Å². The van der Waals surface area contributed by atoms with Crippen LogP contribution in [0.25, 0.3) is 10.9 Å². The van der Waals surface area contributed by atoms with Gasteiger partial charge in [-0.1, -0.05) is 64.8 Å². The largest absolute Gasteiger partial charge is 0.416 e. The Morgan fingerprint density at radius 1 is 0.909 bits per heavy atom. The Labute approximate surface area is 195 Å². The first kappa shape index (κ1) is 26.7. The van der Waals surface area contributed by atoms with Crippen LogP contribution in [0.1, 0.15) is 74.9 Å². The Hall–Kier alpha value is -2.56. The third-order valence-corrected chi connectivity index (χ3v) is 6.17. The molecule has 5 heteroatoms. The Bertz CT molecular complexity index is 963.